The molecule has 0 spiro atoms. The number of aromatic amines is 1. The van der Waals surface area contributed by atoms with E-state index in [4.69, 9.17) is 0 Å². The molecule has 1 rings (SSSR count). The predicted octanol–water partition coefficient (Wildman–Crippen LogP) is 1.73. The van der Waals surface area contributed by atoms with Crippen molar-refractivity contribution in [2.75, 3.05) is 6.54 Å². The van der Waals surface area contributed by atoms with Crippen LogP contribution >= 0.6 is 0 Å². The average molecular weight is 196 g/mol. The Morgan fingerprint density at radius 2 is 1.93 bits per heavy atom. The van der Waals surface area contributed by atoms with Gasteiger partial charge in [-0.3, -0.25) is 4.90 Å². The summed E-state index contributed by atoms with van der Waals surface area (Å²) in [4.78, 5) is 2.37. The van der Waals surface area contributed by atoms with Crippen LogP contribution in [-0.2, 0) is 6.54 Å². The molecule has 1 N–H and O–H groups in total. The lowest BCUT2D eigenvalue weighted by molar-refractivity contribution is 0.134. The molecular formula is C10H20N4. The van der Waals surface area contributed by atoms with Crippen molar-refractivity contribution in [3.63, 3.8) is 0 Å². The van der Waals surface area contributed by atoms with Gasteiger partial charge in [-0.05, 0) is 34.2 Å². The average Bonchev–Trinajstić information content (AvgIpc) is 2.45. The van der Waals surface area contributed by atoms with Crippen LogP contribution in [0.25, 0.3) is 0 Å². The molecule has 0 aromatic carbocycles. The van der Waals surface area contributed by atoms with Gasteiger partial charge in [-0.2, -0.15) is 15.4 Å². The summed E-state index contributed by atoms with van der Waals surface area (Å²) >= 11 is 0. The van der Waals surface area contributed by atoms with Crippen LogP contribution < -0.4 is 0 Å². The Bertz CT molecular complexity index is 285. The SMILES string of the molecule is CCN(Cc1n[nH]nc1C)C(C)(C)C. The summed E-state index contributed by atoms with van der Waals surface area (Å²) in [6, 6.07) is 0. The number of hydrogen-bond donors (Lipinski definition) is 1. The van der Waals surface area contributed by atoms with E-state index in [0.29, 0.717) is 0 Å². The number of aromatic nitrogens is 3. The molecule has 1 aromatic heterocycles. The minimum absolute atomic E-state index is 0.181. The van der Waals surface area contributed by atoms with Gasteiger partial charge in [0, 0.05) is 12.1 Å². The van der Waals surface area contributed by atoms with Crippen molar-refractivity contribution in [2.45, 2.75) is 46.7 Å². The van der Waals surface area contributed by atoms with Crippen LogP contribution in [-0.4, -0.2) is 32.4 Å². The molecule has 0 aliphatic rings. The molecule has 0 aliphatic heterocycles. The third-order valence-corrected chi connectivity index (χ3v) is 2.49. The highest BCUT2D eigenvalue weighted by Gasteiger charge is 2.21. The second-order valence-corrected chi connectivity index (χ2v) is 4.54. The lowest BCUT2D eigenvalue weighted by Gasteiger charge is -2.34. The van der Waals surface area contributed by atoms with E-state index in [1.165, 1.54) is 0 Å². The molecule has 0 amide bonds. The van der Waals surface area contributed by atoms with Crippen LogP contribution in [0.1, 0.15) is 39.1 Å². The monoisotopic (exact) mass is 196 g/mol. The summed E-state index contributed by atoms with van der Waals surface area (Å²) in [5.74, 6) is 0. The Balaban J connectivity index is 2.71. The van der Waals surface area contributed by atoms with Crippen molar-refractivity contribution in [3.8, 4) is 0 Å². The van der Waals surface area contributed by atoms with Gasteiger partial charge in [-0.25, -0.2) is 0 Å². The predicted molar refractivity (Wildman–Crippen MR) is 57.0 cm³/mol. The molecule has 0 bridgehead atoms. The van der Waals surface area contributed by atoms with Crippen molar-refractivity contribution in [1.82, 2.24) is 20.3 Å². The number of rotatable bonds is 3. The summed E-state index contributed by atoms with van der Waals surface area (Å²) in [7, 11) is 0. The van der Waals surface area contributed by atoms with E-state index in [-0.39, 0.29) is 5.54 Å². The highest BCUT2D eigenvalue weighted by molar-refractivity contribution is 5.05. The van der Waals surface area contributed by atoms with Gasteiger partial charge in [-0.15, -0.1) is 0 Å². The van der Waals surface area contributed by atoms with Gasteiger partial charge in [-0.1, -0.05) is 6.92 Å². The maximum absolute atomic E-state index is 4.14. The Hall–Kier alpha value is -0.900. The van der Waals surface area contributed by atoms with Crippen molar-refractivity contribution in [1.29, 1.82) is 0 Å². The van der Waals surface area contributed by atoms with E-state index in [1.807, 2.05) is 6.92 Å². The van der Waals surface area contributed by atoms with Crippen molar-refractivity contribution in [2.24, 2.45) is 0 Å². The number of nitrogens with zero attached hydrogens (tertiary/aromatic N) is 3. The molecule has 14 heavy (non-hydrogen) atoms. The molecule has 0 unspecified atom stereocenters. The number of aryl methyl sites for hydroxylation is 1. The molecule has 80 valence electrons. The molecule has 4 nitrogen and oxygen atoms in total. The second-order valence-electron chi connectivity index (χ2n) is 4.54. The summed E-state index contributed by atoms with van der Waals surface area (Å²) in [6.07, 6.45) is 0. The van der Waals surface area contributed by atoms with Gasteiger partial charge in [0.15, 0.2) is 0 Å². The fraction of sp³-hybridized carbons (Fsp3) is 0.800. The van der Waals surface area contributed by atoms with E-state index >= 15 is 0 Å². The molecule has 0 fully saturated rings. The second kappa shape index (κ2) is 4.09. The fourth-order valence-electron chi connectivity index (χ4n) is 1.46. The Kier molecular flexibility index (Phi) is 3.26. The zero-order valence-electron chi connectivity index (χ0n) is 9.76. The minimum atomic E-state index is 0.181. The zero-order chi connectivity index (χ0) is 10.8. The van der Waals surface area contributed by atoms with Crippen LogP contribution in [0.5, 0.6) is 0 Å². The topological polar surface area (TPSA) is 44.8 Å². The molecular weight excluding hydrogens is 176 g/mol. The molecule has 0 saturated carbocycles. The molecule has 1 aromatic rings. The summed E-state index contributed by atoms with van der Waals surface area (Å²) < 4.78 is 0. The number of nitrogens with one attached hydrogen (secondary N) is 1. The molecule has 0 radical (unpaired) electrons. The lowest BCUT2D eigenvalue weighted by Crippen LogP contribution is -2.40. The molecule has 0 aliphatic carbocycles. The van der Waals surface area contributed by atoms with E-state index in [9.17, 15) is 0 Å². The van der Waals surface area contributed by atoms with E-state index < -0.39 is 0 Å². The van der Waals surface area contributed by atoms with Gasteiger partial charge in [0.25, 0.3) is 0 Å². The van der Waals surface area contributed by atoms with Gasteiger partial charge < -0.3 is 0 Å². The first-order valence-corrected chi connectivity index (χ1v) is 5.06. The Morgan fingerprint density at radius 1 is 1.29 bits per heavy atom. The van der Waals surface area contributed by atoms with Gasteiger partial charge >= 0.3 is 0 Å². The molecule has 4 heteroatoms. The van der Waals surface area contributed by atoms with Crippen molar-refractivity contribution in [3.05, 3.63) is 11.4 Å². The first kappa shape index (κ1) is 11.2. The quantitative estimate of drug-likeness (QED) is 0.800. The van der Waals surface area contributed by atoms with E-state index in [2.05, 4.69) is 48.0 Å². The largest absolute Gasteiger partial charge is 0.293 e. The third-order valence-electron chi connectivity index (χ3n) is 2.49. The normalized spacial score (nSPS) is 12.4. The van der Waals surface area contributed by atoms with Crippen LogP contribution in [0.4, 0.5) is 0 Å². The molecule has 0 saturated heterocycles. The highest BCUT2D eigenvalue weighted by atomic mass is 15.3. The Morgan fingerprint density at radius 3 is 2.29 bits per heavy atom. The standard InChI is InChI=1S/C10H20N4/c1-6-14(10(3,4)5)7-9-8(2)11-13-12-9/h6-7H2,1-5H3,(H,11,12,13). The summed E-state index contributed by atoms with van der Waals surface area (Å²) in [5.41, 5.74) is 2.22. The maximum atomic E-state index is 4.14. The first-order valence-electron chi connectivity index (χ1n) is 5.06. The van der Waals surface area contributed by atoms with Gasteiger partial charge in [0.1, 0.15) is 0 Å². The number of hydrogen-bond acceptors (Lipinski definition) is 3. The highest BCUT2D eigenvalue weighted by Crippen LogP contribution is 2.16. The van der Waals surface area contributed by atoms with Crippen LogP contribution in [0.3, 0.4) is 0 Å². The maximum Gasteiger partial charge on any atom is 0.0994 e. The smallest absolute Gasteiger partial charge is 0.0994 e. The first-order chi connectivity index (χ1) is 6.45. The molecule has 0 atom stereocenters. The van der Waals surface area contributed by atoms with E-state index in [0.717, 1.165) is 24.5 Å². The zero-order valence-corrected chi connectivity index (χ0v) is 9.76. The summed E-state index contributed by atoms with van der Waals surface area (Å²) in [6.45, 7) is 12.7. The van der Waals surface area contributed by atoms with Gasteiger partial charge in [0.2, 0.25) is 0 Å². The fourth-order valence-corrected chi connectivity index (χ4v) is 1.46. The third kappa shape index (κ3) is 2.54. The van der Waals surface area contributed by atoms with Crippen molar-refractivity contribution >= 4 is 0 Å². The Labute approximate surface area is 85.7 Å². The van der Waals surface area contributed by atoms with Crippen LogP contribution in [0.2, 0.25) is 0 Å². The number of H-pyrrole nitrogens is 1. The van der Waals surface area contributed by atoms with Gasteiger partial charge in [0.05, 0.1) is 11.4 Å². The van der Waals surface area contributed by atoms with Crippen molar-refractivity contribution < 1.29 is 0 Å². The van der Waals surface area contributed by atoms with Crippen LogP contribution in [0.15, 0.2) is 0 Å². The molecule has 1 heterocycles. The van der Waals surface area contributed by atoms with E-state index in [1.54, 1.807) is 0 Å². The van der Waals surface area contributed by atoms with Crippen LogP contribution in [0, 0.1) is 6.92 Å². The lowest BCUT2D eigenvalue weighted by atomic mass is 10.1. The minimum Gasteiger partial charge on any atom is -0.293 e. The summed E-state index contributed by atoms with van der Waals surface area (Å²) in [5, 5.41) is 10.8.